The van der Waals surface area contributed by atoms with Gasteiger partial charge in [-0.05, 0) is 43.8 Å². The molecule has 4 atom stereocenters. The number of hydrogen-bond acceptors (Lipinski definition) is 8. The van der Waals surface area contributed by atoms with Gasteiger partial charge in [0.2, 0.25) is 0 Å². The first-order valence-electron chi connectivity index (χ1n) is 9.47. The first-order valence-corrected chi connectivity index (χ1v) is 9.47. The van der Waals surface area contributed by atoms with Crippen LogP contribution in [0.1, 0.15) is 33.1 Å². The van der Waals surface area contributed by atoms with Crippen molar-refractivity contribution in [3.05, 3.63) is 35.1 Å². The van der Waals surface area contributed by atoms with E-state index in [-0.39, 0.29) is 12.1 Å². The van der Waals surface area contributed by atoms with Gasteiger partial charge in [0.25, 0.3) is 0 Å². The highest BCUT2D eigenvalue weighted by Gasteiger charge is 2.30. The fourth-order valence-corrected chi connectivity index (χ4v) is 3.72. The molecule has 0 aromatic rings. The summed E-state index contributed by atoms with van der Waals surface area (Å²) in [4.78, 5) is 0. The summed E-state index contributed by atoms with van der Waals surface area (Å²) in [6.45, 7) is 5.46. The lowest BCUT2D eigenvalue weighted by molar-refractivity contribution is 0.256. The number of rotatable bonds is 6. The maximum Gasteiger partial charge on any atom is 0.110 e. The maximum atomic E-state index is 6.17. The summed E-state index contributed by atoms with van der Waals surface area (Å²) in [6.07, 6.45) is 6.96. The van der Waals surface area contributed by atoms with E-state index in [0.29, 0.717) is 24.3 Å². The molecule has 8 nitrogen and oxygen atoms in total. The summed E-state index contributed by atoms with van der Waals surface area (Å²) >= 11 is 0. The van der Waals surface area contributed by atoms with Crippen LogP contribution in [0.25, 0.3) is 0 Å². The molecule has 26 heavy (non-hydrogen) atoms. The Kier molecular flexibility index (Phi) is 7.33. The largest absolute Gasteiger partial charge is 0.385 e. The molecule has 0 radical (unpaired) electrons. The van der Waals surface area contributed by atoms with Crippen LogP contribution in [0.2, 0.25) is 0 Å². The first kappa shape index (κ1) is 20.6. The van der Waals surface area contributed by atoms with Gasteiger partial charge in [0.05, 0.1) is 11.9 Å². The second-order valence-corrected chi connectivity index (χ2v) is 7.36. The van der Waals surface area contributed by atoms with Crippen LogP contribution in [0, 0.1) is 5.92 Å². The van der Waals surface area contributed by atoms with E-state index in [4.69, 9.17) is 23.0 Å². The van der Waals surface area contributed by atoms with E-state index in [2.05, 4.69) is 35.9 Å². The molecule has 2 heterocycles. The van der Waals surface area contributed by atoms with Crippen molar-refractivity contribution in [1.82, 2.24) is 21.0 Å². The predicted octanol–water partition coefficient (Wildman–Crippen LogP) is -0.667. The lowest BCUT2D eigenvalue weighted by Crippen LogP contribution is -2.54. The van der Waals surface area contributed by atoms with Crippen LogP contribution in [-0.4, -0.2) is 43.3 Å². The average molecular weight is 365 g/mol. The van der Waals surface area contributed by atoms with Gasteiger partial charge >= 0.3 is 0 Å². The molecule has 0 aromatic carbocycles. The van der Waals surface area contributed by atoms with Gasteiger partial charge in [-0.2, -0.15) is 0 Å². The Morgan fingerprint density at radius 1 is 1.42 bits per heavy atom. The topological polar surface area (TPSA) is 143 Å². The summed E-state index contributed by atoms with van der Waals surface area (Å²) in [5, 5.41) is 12.0. The number of nitrogens with zero attached hydrogens (tertiary/aromatic N) is 1. The van der Waals surface area contributed by atoms with E-state index >= 15 is 0 Å². The van der Waals surface area contributed by atoms with Crippen molar-refractivity contribution in [3.63, 3.8) is 0 Å². The van der Waals surface area contributed by atoms with Gasteiger partial charge in [-0.25, -0.2) is 5.84 Å². The first-order chi connectivity index (χ1) is 12.3. The normalized spacial score (nSPS) is 30.0. The molecule has 0 amide bonds. The monoisotopic (exact) mass is 364 g/mol. The molecule has 148 valence electrons. The molecule has 2 unspecified atom stereocenters. The minimum absolute atomic E-state index is 0.156. The van der Waals surface area contributed by atoms with E-state index in [1.165, 1.54) is 0 Å². The molecular formula is C18H36N8. The Morgan fingerprint density at radius 3 is 2.65 bits per heavy atom. The van der Waals surface area contributed by atoms with Gasteiger partial charge in [-0.1, -0.05) is 6.92 Å². The summed E-state index contributed by atoms with van der Waals surface area (Å²) < 4.78 is 0. The zero-order valence-electron chi connectivity index (χ0n) is 16.3. The second-order valence-electron chi connectivity index (χ2n) is 7.36. The highest BCUT2D eigenvalue weighted by atomic mass is 15.4. The zero-order valence-corrected chi connectivity index (χ0v) is 16.3. The van der Waals surface area contributed by atoms with Crippen LogP contribution in [0.15, 0.2) is 35.1 Å². The van der Waals surface area contributed by atoms with Gasteiger partial charge in [-0.15, -0.1) is 0 Å². The van der Waals surface area contributed by atoms with Crippen LogP contribution in [0.3, 0.4) is 0 Å². The summed E-state index contributed by atoms with van der Waals surface area (Å²) in [5.74, 6) is 7.78. The van der Waals surface area contributed by atoms with Crippen LogP contribution < -0.4 is 39.0 Å². The molecule has 0 aliphatic carbocycles. The van der Waals surface area contributed by atoms with E-state index in [1.807, 2.05) is 6.20 Å². The fraction of sp³-hybridized carbons (Fsp3) is 0.667. The third-order valence-corrected chi connectivity index (χ3v) is 5.21. The Balaban J connectivity index is 2.19. The Bertz CT molecular complexity index is 556. The van der Waals surface area contributed by atoms with Crippen molar-refractivity contribution in [2.45, 2.75) is 51.2 Å². The molecule has 2 rings (SSSR count). The van der Waals surface area contributed by atoms with Crippen molar-refractivity contribution < 1.29 is 0 Å². The minimum atomic E-state index is 0.156. The highest BCUT2D eigenvalue weighted by Crippen LogP contribution is 2.24. The van der Waals surface area contributed by atoms with Crippen LogP contribution in [0.4, 0.5) is 0 Å². The van der Waals surface area contributed by atoms with Crippen LogP contribution >= 0.6 is 0 Å². The maximum absolute atomic E-state index is 6.17. The lowest BCUT2D eigenvalue weighted by atomic mass is 9.86. The van der Waals surface area contributed by atoms with Gasteiger partial charge < -0.3 is 38.2 Å². The van der Waals surface area contributed by atoms with Gasteiger partial charge in [0.15, 0.2) is 0 Å². The average Bonchev–Trinajstić information content (AvgIpc) is 2.60. The third kappa shape index (κ3) is 5.14. The Morgan fingerprint density at radius 2 is 2.15 bits per heavy atom. The molecule has 2 aliphatic heterocycles. The molecule has 8 heteroatoms. The zero-order chi connectivity index (χ0) is 19.3. The number of piperidine rings is 1. The second kappa shape index (κ2) is 9.27. The molecule has 1 saturated heterocycles. The van der Waals surface area contributed by atoms with E-state index in [0.717, 1.165) is 42.8 Å². The van der Waals surface area contributed by atoms with E-state index in [1.54, 1.807) is 12.1 Å². The fourth-order valence-electron chi connectivity index (χ4n) is 3.72. The van der Waals surface area contributed by atoms with Crippen molar-refractivity contribution in [3.8, 4) is 0 Å². The number of nitrogens with two attached hydrogens (primary N) is 4. The van der Waals surface area contributed by atoms with Gasteiger partial charge in [0.1, 0.15) is 5.82 Å². The molecule has 0 spiro atoms. The van der Waals surface area contributed by atoms with Crippen LogP contribution in [0.5, 0.6) is 0 Å². The quantitative estimate of drug-likeness (QED) is 0.243. The molecular weight excluding hydrogens is 328 g/mol. The Labute approximate surface area is 157 Å². The highest BCUT2D eigenvalue weighted by molar-refractivity contribution is 5.37. The standard InChI is InChI=1S/C18H36N8/c1-4-12(10-26(3)22)14(8-19)18-24-16(7-17(21)25-18)13-5-6-15(11(2)20)23-9-13/h7,10-11,13,15-16,23-25H,4-6,8-9,19-22H2,1-3H3/b12-10+,18-14+/t11?,13-,15-,16?/m0/s1. The van der Waals surface area contributed by atoms with Crippen molar-refractivity contribution in [1.29, 1.82) is 0 Å². The van der Waals surface area contributed by atoms with Crippen molar-refractivity contribution >= 4 is 0 Å². The number of hydrogen-bond donors (Lipinski definition) is 7. The summed E-state index contributed by atoms with van der Waals surface area (Å²) in [5.41, 5.74) is 20.3. The molecule has 0 bridgehead atoms. The predicted molar refractivity (Wildman–Crippen MR) is 107 cm³/mol. The number of nitrogens with one attached hydrogen (secondary N) is 3. The molecule has 11 N–H and O–H groups in total. The van der Waals surface area contributed by atoms with E-state index < -0.39 is 0 Å². The molecule has 0 saturated carbocycles. The SMILES string of the molecule is CCC(=C\N(C)N)/C(CN)=C1/NC(N)=CC([C@H]2CC[C@@H](C(C)N)NC2)N1. The molecule has 1 fully saturated rings. The van der Waals surface area contributed by atoms with Gasteiger partial charge in [-0.3, -0.25) is 0 Å². The molecule has 2 aliphatic rings. The molecule has 0 aromatic heterocycles. The number of hydrazine groups is 1. The van der Waals surface area contributed by atoms with Crippen LogP contribution in [-0.2, 0) is 0 Å². The van der Waals surface area contributed by atoms with Gasteiger partial charge in [0, 0.05) is 44.0 Å². The van der Waals surface area contributed by atoms with Crippen molar-refractivity contribution in [2.75, 3.05) is 20.1 Å². The minimum Gasteiger partial charge on any atom is -0.385 e. The lowest BCUT2D eigenvalue weighted by Gasteiger charge is -2.38. The smallest absolute Gasteiger partial charge is 0.110 e. The summed E-state index contributed by atoms with van der Waals surface area (Å²) in [6, 6.07) is 0.712. The third-order valence-electron chi connectivity index (χ3n) is 5.21. The van der Waals surface area contributed by atoms with E-state index in [9.17, 15) is 0 Å². The Hall–Kier alpha value is -1.74. The van der Waals surface area contributed by atoms with Crippen molar-refractivity contribution in [2.24, 2.45) is 29.0 Å². The summed E-state index contributed by atoms with van der Waals surface area (Å²) in [7, 11) is 1.80.